The van der Waals surface area contributed by atoms with Gasteiger partial charge in [0.2, 0.25) is 23.5 Å². The van der Waals surface area contributed by atoms with Crippen LogP contribution in [0.3, 0.4) is 0 Å². The number of aromatic nitrogens is 3. The largest absolute Gasteiger partial charge is 0.361 e. The van der Waals surface area contributed by atoms with Crippen LogP contribution in [-0.4, -0.2) is 26.9 Å². The van der Waals surface area contributed by atoms with Crippen molar-refractivity contribution >= 4 is 22.7 Å². The van der Waals surface area contributed by atoms with Crippen LogP contribution in [0.25, 0.3) is 22.3 Å². The quantitative estimate of drug-likeness (QED) is 0.400. The predicted octanol–water partition coefficient (Wildman–Crippen LogP) is 3.10. The molecular weight excluding hydrogens is 394 g/mol. The number of aromatic amines is 1. The van der Waals surface area contributed by atoms with Gasteiger partial charge in [-0.3, -0.25) is 20.4 Å². The summed E-state index contributed by atoms with van der Waals surface area (Å²) in [5.74, 6) is 0.230. The topological polar surface area (TPSA) is 113 Å². The van der Waals surface area contributed by atoms with Crippen LogP contribution in [-0.2, 0) is 28.9 Å². The zero-order valence-corrected chi connectivity index (χ0v) is 17.1. The van der Waals surface area contributed by atoms with Crippen molar-refractivity contribution in [3.63, 3.8) is 0 Å². The van der Waals surface area contributed by atoms with Gasteiger partial charge in [0, 0.05) is 35.5 Å². The normalized spacial score (nSPS) is 10.9. The molecule has 0 aliphatic carbocycles. The molecule has 2 heterocycles. The summed E-state index contributed by atoms with van der Waals surface area (Å²) >= 11 is 0. The van der Waals surface area contributed by atoms with Crippen molar-refractivity contribution in [2.45, 2.75) is 32.6 Å². The van der Waals surface area contributed by atoms with E-state index in [1.54, 1.807) is 6.20 Å². The van der Waals surface area contributed by atoms with Crippen molar-refractivity contribution in [1.29, 1.82) is 0 Å². The van der Waals surface area contributed by atoms with Crippen molar-refractivity contribution in [3.05, 3.63) is 71.7 Å². The van der Waals surface area contributed by atoms with Gasteiger partial charge in [-0.1, -0.05) is 54.5 Å². The highest BCUT2D eigenvalue weighted by atomic mass is 16.5. The lowest BCUT2D eigenvalue weighted by atomic mass is 10.1. The van der Waals surface area contributed by atoms with Gasteiger partial charge in [0.15, 0.2) is 0 Å². The van der Waals surface area contributed by atoms with Gasteiger partial charge < -0.3 is 9.51 Å². The number of hydrazine groups is 1. The Bertz CT molecular complexity index is 1190. The van der Waals surface area contributed by atoms with E-state index in [2.05, 4.69) is 32.9 Å². The number of nitrogens with zero attached hydrogens (tertiary/aromatic N) is 2. The summed E-state index contributed by atoms with van der Waals surface area (Å²) < 4.78 is 5.23. The predicted molar refractivity (Wildman–Crippen MR) is 116 cm³/mol. The molecule has 4 aromatic rings. The number of hydrogen-bond acceptors (Lipinski definition) is 5. The van der Waals surface area contributed by atoms with Crippen molar-refractivity contribution in [3.8, 4) is 11.4 Å². The van der Waals surface area contributed by atoms with Gasteiger partial charge in [-0.05, 0) is 23.6 Å². The minimum Gasteiger partial charge on any atom is -0.361 e. The first-order valence-corrected chi connectivity index (χ1v) is 10.2. The second-order valence-electron chi connectivity index (χ2n) is 7.19. The van der Waals surface area contributed by atoms with Gasteiger partial charge in [0.25, 0.3) is 0 Å². The third-order valence-electron chi connectivity index (χ3n) is 5.02. The zero-order valence-electron chi connectivity index (χ0n) is 17.1. The molecule has 4 rings (SSSR count). The van der Waals surface area contributed by atoms with E-state index < -0.39 is 0 Å². The van der Waals surface area contributed by atoms with Crippen LogP contribution in [0.15, 0.2) is 59.3 Å². The first kappa shape index (κ1) is 20.3. The number of amides is 2. The summed E-state index contributed by atoms with van der Waals surface area (Å²) in [4.78, 5) is 31.7. The van der Waals surface area contributed by atoms with E-state index in [4.69, 9.17) is 4.52 Å². The Labute approximate surface area is 179 Å². The smallest absolute Gasteiger partial charge is 0.242 e. The zero-order chi connectivity index (χ0) is 21.6. The number of hydrogen-bond donors (Lipinski definition) is 3. The van der Waals surface area contributed by atoms with Gasteiger partial charge in [0.05, 0.1) is 6.42 Å². The molecule has 0 atom stereocenters. The molecule has 3 N–H and O–H groups in total. The monoisotopic (exact) mass is 417 g/mol. The van der Waals surface area contributed by atoms with Crippen molar-refractivity contribution < 1.29 is 14.1 Å². The van der Waals surface area contributed by atoms with Gasteiger partial charge in [-0.2, -0.15) is 4.98 Å². The van der Waals surface area contributed by atoms with E-state index in [1.165, 1.54) is 5.56 Å². The molecule has 0 bridgehead atoms. The number of carbonyl (C=O) groups is 2. The molecule has 0 saturated heterocycles. The lowest BCUT2D eigenvalue weighted by molar-refractivity contribution is -0.128. The Hall–Kier alpha value is -3.94. The number of aryl methyl sites for hydroxylation is 2. The lowest BCUT2D eigenvalue weighted by Crippen LogP contribution is -2.42. The second-order valence-corrected chi connectivity index (χ2v) is 7.19. The minimum atomic E-state index is -0.334. The summed E-state index contributed by atoms with van der Waals surface area (Å²) in [5, 5.41) is 4.96. The number of benzene rings is 2. The first-order chi connectivity index (χ1) is 15.1. The van der Waals surface area contributed by atoms with Crippen LogP contribution in [0.1, 0.15) is 30.4 Å². The SMILES string of the molecule is CCc1ccc(-c2noc(CCC(=O)NNC(=O)Cc3c[nH]c4ccccc34)n2)cc1. The minimum absolute atomic E-state index is 0.115. The Morgan fingerprint density at radius 1 is 1.03 bits per heavy atom. The van der Waals surface area contributed by atoms with Crippen LogP contribution in [0.5, 0.6) is 0 Å². The van der Waals surface area contributed by atoms with E-state index in [0.29, 0.717) is 11.7 Å². The fourth-order valence-corrected chi connectivity index (χ4v) is 3.28. The molecule has 8 nitrogen and oxygen atoms in total. The molecule has 158 valence electrons. The maximum atomic E-state index is 12.2. The maximum absolute atomic E-state index is 12.2. The van der Waals surface area contributed by atoms with Crippen molar-refractivity contribution in [2.24, 2.45) is 0 Å². The molecule has 0 radical (unpaired) electrons. The molecule has 2 aromatic carbocycles. The summed E-state index contributed by atoms with van der Waals surface area (Å²) in [7, 11) is 0. The highest BCUT2D eigenvalue weighted by molar-refractivity contribution is 5.89. The summed E-state index contributed by atoms with van der Waals surface area (Å²) in [6.07, 6.45) is 3.32. The second kappa shape index (κ2) is 9.25. The van der Waals surface area contributed by atoms with E-state index in [-0.39, 0.29) is 31.1 Å². The molecule has 31 heavy (non-hydrogen) atoms. The first-order valence-electron chi connectivity index (χ1n) is 10.2. The molecule has 0 unspecified atom stereocenters. The Morgan fingerprint density at radius 2 is 1.81 bits per heavy atom. The number of rotatable bonds is 7. The van der Waals surface area contributed by atoms with Crippen molar-refractivity contribution in [1.82, 2.24) is 26.0 Å². The van der Waals surface area contributed by atoms with Gasteiger partial charge in [-0.15, -0.1) is 0 Å². The fourth-order valence-electron chi connectivity index (χ4n) is 3.28. The van der Waals surface area contributed by atoms with Gasteiger partial charge >= 0.3 is 0 Å². The number of H-pyrrole nitrogens is 1. The summed E-state index contributed by atoms with van der Waals surface area (Å²) in [5.41, 5.74) is 8.80. The number of carbonyl (C=O) groups excluding carboxylic acids is 2. The Kier molecular flexibility index (Phi) is 6.07. The van der Waals surface area contributed by atoms with E-state index in [0.717, 1.165) is 28.5 Å². The molecule has 2 aromatic heterocycles. The van der Waals surface area contributed by atoms with E-state index in [9.17, 15) is 9.59 Å². The van der Waals surface area contributed by atoms with Crippen LogP contribution in [0, 0.1) is 0 Å². The maximum Gasteiger partial charge on any atom is 0.242 e. The van der Waals surface area contributed by atoms with Crippen LogP contribution in [0.4, 0.5) is 0 Å². The average molecular weight is 417 g/mol. The molecule has 0 aliphatic heterocycles. The summed E-state index contributed by atoms with van der Waals surface area (Å²) in [6.45, 7) is 2.09. The van der Waals surface area contributed by atoms with Crippen LogP contribution < -0.4 is 10.9 Å². The standard InChI is InChI=1S/C23H23N5O3/c1-2-15-7-9-16(10-8-15)23-25-22(31-28-23)12-11-20(29)26-27-21(30)13-17-14-24-19-6-4-3-5-18(17)19/h3-10,14,24H,2,11-13H2,1H3,(H,26,29)(H,27,30). The highest BCUT2D eigenvalue weighted by Gasteiger charge is 2.12. The fraction of sp³-hybridized carbons (Fsp3) is 0.217. The Morgan fingerprint density at radius 3 is 2.61 bits per heavy atom. The molecular formula is C23H23N5O3. The van der Waals surface area contributed by atoms with Crippen LogP contribution >= 0.6 is 0 Å². The number of nitrogens with one attached hydrogen (secondary N) is 3. The molecule has 0 saturated carbocycles. The average Bonchev–Trinajstić information content (AvgIpc) is 3.44. The van der Waals surface area contributed by atoms with E-state index >= 15 is 0 Å². The molecule has 8 heteroatoms. The highest BCUT2D eigenvalue weighted by Crippen LogP contribution is 2.18. The third-order valence-corrected chi connectivity index (χ3v) is 5.02. The van der Waals surface area contributed by atoms with Gasteiger partial charge in [0.1, 0.15) is 0 Å². The van der Waals surface area contributed by atoms with Crippen molar-refractivity contribution in [2.75, 3.05) is 0 Å². The summed E-state index contributed by atoms with van der Waals surface area (Å²) in [6, 6.07) is 15.7. The Balaban J connectivity index is 1.24. The molecule has 0 fully saturated rings. The van der Waals surface area contributed by atoms with Gasteiger partial charge in [-0.25, -0.2) is 0 Å². The lowest BCUT2D eigenvalue weighted by Gasteiger charge is -2.06. The number of fused-ring (bicyclic) bond motifs is 1. The van der Waals surface area contributed by atoms with E-state index in [1.807, 2.05) is 48.5 Å². The van der Waals surface area contributed by atoms with Crippen LogP contribution in [0.2, 0.25) is 0 Å². The number of para-hydroxylation sites is 1. The molecule has 0 aliphatic rings. The molecule has 0 spiro atoms. The third kappa shape index (κ3) is 4.98. The molecule has 2 amide bonds.